The Morgan fingerprint density at radius 1 is 1.19 bits per heavy atom. The second kappa shape index (κ2) is 11.8. The maximum Gasteiger partial charge on any atom is 0.229 e. The lowest BCUT2D eigenvalue weighted by Crippen LogP contribution is -2.39. The van der Waals surface area contributed by atoms with Gasteiger partial charge in [0.25, 0.3) is 0 Å². The maximum absolute atomic E-state index is 11.5. The van der Waals surface area contributed by atoms with Gasteiger partial charge in [0.2, 0.25) is 10.0 Å². The van der Waals surface area contributed by atoms with Gasteiger partial charge in [-0.1, -0.05) is 32.0 Å². The summed E-state index contributed by atoms with van der Waals surface area (Å²) >= 11 is 0. The van der Waals surface area contributed by atoms with Crippen molar-refractivity contribution in [3.05, 3.63) is 29.8 Å². The first kappa shape index (κ1) is 23.2. The van der Waals surface area contributed by atoms with E-state index in [1.165, 1.54) is 0 Å². The molecule has 0 aliphatic heterocycles. The minimum Gasteiger partial charge on any atom is -0.378 e. The molecule has 0 aromatic heterocycles. The second-order valence-corrected chi connectivity index (χ2v) is 8.43. The molecule has 1 unspecified atom stereocenters. The van der Waals surface area contributed by atoms with Gasteiger partial charge < -0.3 is 15.4 Å². The molecule has 1 aromatic rings. The fourth-order valence-corrected chi connectivity index (χ4v) is 3.22. The lowest BCUT2D eigenvalue weighted by Gasteiger charge is -2.21. The molecule has 0 spiro atoms. The summed E-state index contributed by atoms with van der Waals surface area (Å²) in [5.41, 5.74) is 1.37. The molecule has 0 saturated heterocycles. The van der Waals surface area contributed by atoms with Crippen LogP contribution in [-0.4, -0.2) is 46.4 Å². The smallest absolute Gasteiger partial charge is 0.229 e. The summed E-state index contributed by atoms with van der Waals surface area (Å²) in [7, 11) is -3.33. The highest BCUT2D eigenvalue weighted by Gasteiger charge is 2.13. The summed E-state index contributed by atoms with van der Waals surface area (Å²) in [5, 5.41) is 6.54. The number of sulfonamides is 1. The first-order valence-corrected chi connectivity index (χ1v) is 11.3. The fourth-order valence-electron chi connectivity index (χ4n) is 2.62. The highest BCUT2D eigenvalue weighted by molar-refractivity contribution is 7.92. The van der Waals surface area contributed by atoms with E-state index in [9.17, 15) is 8.42 Å². The molecule has 3 N–H and O–H groups in total. The standard InChI is InChI=1S/C19H34N4O3S/c1-6-20-19(21-13-12-18(15(3)4)26-7-2)22-14-16-10-8-9-11-17(16)23-27(5,24)25/h8-11,15,18,23H,6-7,12-14H2,1-5H3,(H2,20,21,22). The first-order chi connectivity index (χ1) is 12.8. The van der Waals surface area contributed by atoms with Crippen LogP contribution in [0.25, 0.3) is 0 Å². The van der Waals surface area contributed by atoms with Gasteiger partial charge in [-0.25, -0.2) is 13.4 Å². The molecule has 7 nitrogen and oxygen atoms in total. The number of guanidine groups is 1. The highest BCUT2D eigenvalue weighted by Crippen LogP contribution is 2.17. The van der Waals surface area contributed by atoms with Crippen LogP contribution in [0.15, 0.2) is 29.3 Å². The Kier molecular flexibility index (Phi) is 10.2. The number of ether oxygens (including phenoxy) is 1. The molecule has 0 fully saturated rings. The highest BCUT2D eigenvalue weighted by atomic mass is 32.2. The zero-order valence-electron chi connectivity index (χ0n) is 17.1. The third-order valence-corrected chi connectivity index (χ3v) is 4.50. The third kappa shape index (κ3) is 9.63. The molecule has 8 heteroatoms. The largest absolute Gasteiger partial charge is 0.378 e. The van der Waals surface area contributed by atoms with Gasteiger partial charge in [-0.2, -0.15) is 0 Å². The van der Waals surface area contributed by atoms with E-state index in [1.54, 1.807) is 12.1 Å². The molecule has 1 aromatic carbocycles. The molecule has 0 aliphatic rings. The Balaban J connectivity index is 2.74. The molecule has 154 valence electrons. The Labute approximate surface area is 164 Å². The van der Waals surface area contributed by atoms with Crippen molar-refractivity contribution in [1.82, 2.24) is 10.6 Å². The number of rotatable bonds is 11. The lowest BCUT2D eigenvalue weighted by atomic mass is 10.0. The van der Waals surface area contributed by atoms with Crippen molar-refractivity contribution in [2.75, 3.05) is 30.7 Å². The quantitative estimate of drug-likeness (QED) is 0.394. The van der Waals surface area contributed by atoms with E-state index in [2.05, 4.69) is 34.2 Å². The van der Waals surface area contributed by atoms with Crippen molar-refractivity contribution in [3.8, 4) is 0 Å². The van der Waals surface area contributed by atoms with Crippen LogP contribution in [0.1, 0.15) is 39.7 Å². The zero-order chi connectivity index (χ0) is 20.3. The van der Waals surface area contributed by atoms with Gasteiger partial charge in [-0.05, 0) is 37.8 Å². The number of nitrogens with one attached hydrogen (secondary N) is 3. The summed E-state index contributed by atoms with van der Waals surface area (Å²) in [6.45, 7) is 10.9. The predicted octanol–water partition coefficient (Wildman–Crippen LogP) is 2.56. The van der Waals surface area contributed by atoms with Crippen molar-refractivity contribution in [1.29, 1.82) is 0 Å². The predicted molar refractivity (Wildman–Crippen MR) is 113 cm³/mol. The Bertz CT molecular complexity index is 690. The van der Waals surface area contributed by atoms with E-state index in [-0.39, 0.29) is 6.10 Å². The Morgan fingerprint density at radius 3 is 2.48 bits per heavy atom. The Morgan fingerprint density at radius 2 is 1.89 bits per heavy atom. The van der Waals surface area contributed by atoms with Gasteiger partial charge in [0, 0.05) is 19.7 Å². The summed E-state index contributed by atoms with van der Waals surface area (Å²) < 4.78 is 31.4. The van der Waals surface area contributed by atoms with Crippen LogP contribution in [0.2, 0.25) is 0 Å². The van der Waals surface area contributed by atoms with E-state index >= 15 is 0 Å². The lowest BCUT2D eigenvalue weighted by molar-refractivity contribution is 0.0258. The third-order valence-electron chi connectivity index (χ3n) is 3.91. The van der Waals surface area contributed by atoms with Crippen molar-refractivity contribution >= 4 is 21.7 Å². The minimum atomic E-state index is -3.33. The van der Waals surface area contributed by atoms with Gasteiger partial charge in [-0.15, -0.1) is 0 Å². The normalized spacial score (nSPS) is 13.5. The molecule has 0 saturated carbocycles. The molecule has 1 rings (SSSR count). The minimum absolute atomic E-state index is 0.213. The number of para-hydroxylation sites is 1. The van der Waals surface area contributed by atoms with Gasteiger partial charge >= 0.3 is 0 Å². The number of hydrogen-bond acceptors (Lipinski definition) is 4. The monoisotopic (exact) mass is 398 g/mol. The molecule has 0 heterocycles. The van der Waals surface area contributed by atoms with Crippen LogP contribution in [0.5, 0.6) is 0 Å². The SMILES string of the molecule is CCNC(=NCc1ccccc1NS(C)(=O)=O)NCCC(OCC)C(C)C. The molecule has 0 radical (unpaired) electrons. The fraction of sp³-hybridized carbons (Fsp3) is 0.632. The molecule has 0 bridgehead atoms. The zero-order valence-corrected chi connectivity index (χ0v) is 17.9. The van der Waals surface area contributed by atoms with E-state index in [4.69, 9.17) is 4.74 Å². The molecule has 27 heavy (non-hydrogen) atoms. The first-order valence-electron chi connectivity index (χ1n) is 9.46. The van der Waals surface area contributed by atoms with Crippen molar-refractivity contribution < 1.29 is 13.2 Å². The number of hydrogen-bond donors (Lipinski definition) is 3. The summed E-state index contributed by atoms with van der Waals surface area (Å²) in [5.74, 6) is 1.16. The molecule has 1 atom stereocenters. The summed E-state index contributed by atoms with van der Waals surface area (Å²) in [4.78, 5) is 4.58. The van der Waals surface area contributed by atoms with Gasteiger partial charge in [0.05, 0.1) is 24.6 Å². The van der Waals surface area contributed by atoms with Crippen LogP contribution in [0, 0.1) is 5.92 Å². The molecular weight excluding hydrogens is 364 g/mol. The van der Waals surface area contributed by atoms with Crippen molar-refractivity contribution in [2.24, 2.45) is 10.9 Å². The van der Waals surface area contributed by atoms with E-state index < -0.39 is 10.0 Å². The van der Waals surface area contributed by atoms with Gasteiger partial charge in [0.1, 0.15) is 0 Å². The average Bonchev–Trinajstić information content (AvgIpc) is 2.58. The van der Waals surface area contributed by atoms with Crippen LogP contribution in [0.3, 0.4) is 0 Å². The summed E-state index contributed by atoms with van der Waals surface area (Å²) in [6, 6.07) is 7.27. The van der Waals surface area contributed by atoms with Crippen LogP contribution < -0.4 is 15.4 Å². The molecule has 0 aliphatic carbocycles. The number of anilines is 1. The average molecular weight is 399 g/mol. The topological polar surface area (TPSA) is 91.8 Å². The van der Waals surface area contributed by atoms with Crippen molar-refractivity contribution in [3.63, 3.8) is 0 Å². The van der Waals surface area contributed by atoms with E-state index in [0.717, 1.165) is 31.3 Å². The summed E-state index contributed by atoms with van der Waals surface area (Å²) in [6.07, 6.45) is 2.25. The maximum atomic E-state index is 11.5. The van der Waals surface area contributed by atoms with Crippen molar-refractivity contribution in [2.45, 2.75) is 46.8 Å². The van der Waals surface area contributed by atoms with E-state index in [0.29, 0.717) is 30.7 Å². The van der Waals surface area contributed by atoms with Crippen LogP contribution in [-0.2, 0) is 21.3 Å². The number of nitrogens with zero attached hydrogens (tertiary/aromatic N) is 1. The Hall–Kier alpha value is -1.80. The van der Waals surface area contributed by atoms with E-state index in [1.807, 2.05) is 26.0 Å². The van der Waals surface area contributed by atoms with Gasteiger partial charge in [-0.3, -0.25) is 4.72 Å². The molecule has 0 amide bonds. The second-order valence-electron chi connectivity index (χ2n) is 6.68. The van der Waals surface area contributed by atoms with Gasteiger partial charge in [0.15, 0.2) is 5.96 Å². The van der Waals surface area contributed by atoms with Crippen LogP contribution >= 0.6 is 0 Å². The molecular formula is C19H34N4O3S. The van der Waals surface area contributed by atoms with Crippen LogP contribution in [0.4, 0.5) is 5.69 Å². The number of aliphatic imine (C=N–C) groups is 1. The number of benzene rings is 1.